The Morgan fingerprint density at radius 1 is 1.20 bits per heavy atom. The van der Waals surface area contributed by atoms with Gasteiger partial charge in [-0.3, -0.25) is 0 Å². The Labute approximate surface area is 121 Å². The minimum absolute atomic E-state index is 0.0129. The van der Waals surface area contributed by atoms with Gasteiger partial charge in [-0.2, -0.15) is 0 Å². The van der Waals surface area contributed by atoms with Crippen molar-refractivity contribution in [3.63, 3.8) is 0 Å². The van der Waals surface area contributed by atoms with Crippen LogP contribution < -0.4 is 15.8 Å². The summed E-state index contributed by atoms with van der Waals surface area (Å²) < 4.78 is 23.0. The molecular formula is C13H24N4O2S. The zero-order chi connectivity index (χ0) is 15.3. The number of para-hydroxylation sites is 1. The highest BCUT2D eigenvalue weighted by atomic mass is 32.2. The van der Waals surface area contributed by atoms with Crippen molar-refractivity contribution >= 4 is 21.4 Å². The Bertz CT molecular complexity index is 543. The summed E-state index contributed by atoms with van der Waals surface area (Å²) in [5.74, 6) is 0. The van der Waals surface area contributed by atoms with Gasteiger partial charge in [0.25, 0.3) is 0 Å². The van der Waals surface area contributed by atoms with Crippen molar-refractivity contribution in [1.29, 1.82) is 0 Å². The number of hydrogen-bond acceptors (Lipinski definition) is 5. The van der Waals surface area contributed by atoms with Crippen molar-refractivity contribution in [1.82, 2.24) is 4.90 Å². The summed E-state index contributed by atoms with van der Waals surface area (Å²) in [7, 11) is 0.249. The number of sulfonamides is 1. The van der Waals surface area contributed by atoms with Gasteiger partial charge in [0.05, 0.1) is 11.4 Å². The molecule has 0 amide bonds. The second-order valence-corrected chi connectivity index (χ2v) is 6.50. The van der Waals surface area contributed by atoms with Crippen LogP contribution in [0.3, 0.4) is 0 Å². The zero-order valence-corrected chi connectivity index (χ0v) is 13.2. The molecule has 0 spiro atoms. The third-order valence-corrected chi connectivity index (χ3v) is 4.07. The van der Waals surface area contributed by atoms with Gasteiger partial charge >= 0.3 is 0 Å². The van der Waals surface area contributed by atoms with Crippen LogP contribution >= 0.6 is 0 Å². The Hall–Kier alpha value is -1.31. The molecule has 0 unspecified atom stereocenters. The van der Waals surface area contributed by atoms with Gasteiger partial charge in [0, 0.05) is 13.1 Å². The average molecular weight is 300 g/mol. The van der Waals surface area contributed by atoms with Crippen molar-refractivity contribution in [2.75, 3.05) is 44.4 Å². The van der Waals surface area contributed by atoms with Crippen LogP contribution in [0.5, 0.6) is 0 Å². The smallest absolute Gasteiger partial charge is 0.240 e. The van der Waals surface area contributed by atoms with Gasteiger partial charge in [0.2, 0.25) is 10.0 Å². The van der Waals surface area contributed by atoms with Gasteiger partial charge in [-0.1, -0.05) is 6.07 Å². The molecular weight excluding hydrogens is 276 g/mol. The van der Waals surface area contributed by atoms with E-state index in [9.17, 15) is 8.42 Å². The van der Waals surface area contributed by atoms with Crippen molar-refractivity contribution in [3.05, 3.63) is 18.2 Å². The number of primary sulfonamides is 1. The molecule has 6 nitrogen and oxygen atoms in total. The first-order valence-corrected chi connectivity index (χ1v) is 8.13. The Balaban J connectivity index is 2.99. The van der Waals surface area contributed by atoms with Gasteiger partial charge in [-0.15, -0.1) is 0 Å². The normalized spacial score (nSPS) is 11.8. The van der Waals surface area contributed by atoms with E-state index >= 15 is 0 Å². The zero-order valence-electron chi connectivity index (χ0n) is 12.3. The van der Waals surface area contributed by atoms with Crippen LogP contribution in [0.1, 0.15) is 13.3 Å². The lowest BCUT2D eigenvalue weighted by Gasteiger charge is -2.26. The second kappa shape index (κ2) is 6.92. The molecule has 0 atom stereocenters. The predicted octanol–water partition coefficient (Wildman–Crippen LogP) is 0.694. The standard InChI is InChI=1S/C13H24N4O2S/c1-4-17(10-6-9-16(2)3)11-7-5-8-12(13(11)14)20(15,18)19/h5,7-8H,4,6,9-10,14H2,1-3H3,(H2,15,18,19). The number of nitrogens with two attached hydrogens (primary N) is 2. The summed E-state index contributed by atoms with van der Waals surface area (Å²) in [5, 5.41) is 5.17. The molecule has 1 aromatic carbocycles. The summed E-state index contributed by atoms with van der Waals surface area (Å²) in [6.45, 7) is 4.54. The lowest BCUT2D eigenvalue weighted by molar-refractivity contribution is 0.400. The van der Waals surface area contributed by atoms with Crippen molar-refractivity contribution in [2.45, 2.75) is 18.2 Å². The minimum atomic E-state index is -3.79. The molecule has 0 aromatic heterocycles. The van der Waals surface area contributed by atoms with Crippen molar-refractivity contribution in [2.24, 2.45) is 5.14 Å². The number of benzene rings is 1. The van der Waals surface area contributed by atoms with Gasteiger partial charge in [0.15, 0.2) is 0 Å². The van der Waals surface area contributed by atoms with Crippen LogP contribution in [0.15, 0.2) is 23.1 Å². The number of nitrogen functional groups attached to an aromatic ring is 1. The molecule has 0 saturated carbocycles. The molecule has 1 rings (SSSR count). The van der Waals surface area contributed by atoms with Crippen LogP contribution in [0.2, 0.25) is 0 Å². The van der Waals surface area contributed by atoms with E-state index in [1.165, 1.54) is 6.07 Å². The van der Waals surface area contributed by atoms with E-state index in [-0.39, 0.29) is 10.6 Å². The van der Waals surface area contributed by atoms with E-state index in [0.717, 1.165) is 31.7 Å². The highest BCUT2D eigenvalue weighted by molar-refractivity contribution is 7.89. The minimum Gasteiger partial charge on any atom is -0.396 e. The summed E-state index contributed by atoms with van der Waals surface area (Å²) in [6.07, 6.45) is 0.972. The predicted molar refractivity (Wildman–Crippen MR) is 83.3 cm³/mol. The third kappa shape index (κ3) is 4.36. The molecule has 4 N–H and O–H groups in total. The molecule has 114 valence electrons. The summed E-state index contributed by atoms with van der Waals surface area (Å²) in [5.41, 5.74) is 6.91. The molecule has 0 aliphatic rings. The molecule has 0 bridgehead atoms. The van der Waals surface area contributed by atoms with Crippen molar-refractivity contribution in [3.8, 4) is 0 Å². The molecule has 20 heavy (non-hydrogen) atoms. The van der Waals surface area contributed by atoms with E-state index in [1.807, 2.05) is 27.1 Å². The first kappa shape index (κ1) is 16.7. The maximum Gasteiger partial charge on any atom is 0.240 e. The van der Waals surface area contributed by atoms with E-state index < -0.39 is 10.0 Å². The quantitative estimate of drug-likeness (QED) is 0.723. The van der Waals surface area contributed by atoms with Gasteiger partial charge in [-0.05, 0) is 46.1 Å². The number of rotatable bonds is 7. The first-order valence-electron chi connectivity index (χ1n) is 6.58. The molecule has 0 saturated heterocycles. The third-order valence-electron chi connectivity index (χ3n) is 3.11. The van der Waals surface area contributed by atoms with E-state index in [4.69, 9.17) is 10.9 Å². The van der Waals surface area contributed by atoms with Crippen LogP contribution in [0, 0.1) is 0 Å². The fourth-order valence-corrected chi connectivity index (χ4v) is 2.76. The molecule has 0 radical (unpaired) electrons. The van der Waals surface area contributed by atoms with Gasteiger partial charge in [0.1, 0.15) is 4.90 Å². The highest BCUT2D eigenvalue weighted by Crippen LogP contribution is 2.29. The van der Waals surface area contributed by atoms with Gasteiger partial charge < -0.3 is 15.5 Å². The van der Waals surface area contributed by atoms with Crippen LogP contribution in [0.25, 0.3) is 0 Å². The second-order valence-electron chi connectivity index (χ2n) is 4.97. The number of hydrogen-bond donors (Lipinski definition) is 2. The average Bonchev–Trinajstić information content (AvgIpc) is 2.34. The molecule has 0 heterocycles. The largest absolute Gasteiger partial charge is 0.396 e. The summed E-state index contributed by atoms with van der Waals surface area (Å²) in [4.78, 5) is 4.16. The monoisotopic (exact) mass is 300 g/mol. The van der Waals surface area contributed by atoms with Gasteiger partial charge in [-0.25, -0.2) is 13.6 Å². The van der Waals surface area contributed by atoms with E-state index in [2.05, 4.69) is 9.80 Å². The molecule has 0 fully saturated rings. The maximum absolute atomic E-state index is 11.5. The molecule has 1 aromatic rings. The Kier molecular flexibility index (Phi) is 5.79. The number of nitrogens with zero attached hydrogens (tertiary/aromatic N) is 2. The highest BCUT2D eigenvalue weighted by Gasteiger charge is 2.17. The summed E-state index contributed by atoms with van der Waals surface area (Å²) in [6, 6.07) is 4.92. The molecule has 7 heteroatoms. The van der Waals surface area contributed by atoms with E-state index in [1.54, 1.807) is 6.07 Å². The Morgan fingerprint density at radius 2 is 1.85 bits per heavy atom. The fourth-order valence-electron chi connectivity index (χ4n) is 2.08. The Morgan fingerprint density at radius 3 is 2.35 bits per heavy atom. The lowest BCUT2D eigenvalue weighted by Crippen LogP contribution is -2.28. The summed E-state index contributed by atoms with van der Waals surface area (Å²) >= 11 is 0. The molecule has 0 aliphatic heterocycles. The van der Waals surface area contributed by atoms with Crippen LogP contribution in [-0.4, -0.2) is 47.0 Å². The van der Waals surface area contributed by atoms with Crippen LogP contribution in [0.4, 0.5) is 11.4 Å². The molecule has 0 aliphatic carbocycles. The number of anilines is 2. The maximum atomic E-state index is 11.5. The fraction of sp³-hybridized carbons (Fsp3) is 0.538. The van der Waals surface area contributed by atoms with Crippen molar-refractivity contribution < 1.29 is 8.42 Å². The topological polar surface area (TPSA) is 92.7 Å². The van der Waals surface area contributed by atoms with Crippen LogP contribution in [-0.2, 0) is 10.0 Å². The van der Waals surface area contributed by atoms with E-state index in [0.29, 0.717) is 0 Å². The lowest BCUT2D eigenvalue weighted by atomic mass is 10.2. The first-order chi connectivity index (χ1) is 9.27. The SMILES string of the molecule is CCN(CCCN(C)C)c1cccc(S(N)(=O)=O)c1N.